The van der Waals surface area contributed by atoms with E-state index in [0.29, 0.717) is 0 Å². The number of hydrogen-bond acceptors (Lipinski definition) is 1. The predicted molar refractivity (Wildman–Crippen MR) is 45.7 cm³/mol. The monoisotopic (exact) mass is 180 g/mol. The molecule has 0 aliphatic carbocycles. The lowest BCUT2D eigenvalue weighted by Gasteiger charge is -1.92. The number of hydrogen-bond donors (Lipinski definition) is 0. The van der Waals surface area contributed by atoms with Crippen molar-refractivity contribution in [1.29, 1.82) is 0 Å². The molecular formula is C9H7ClNO+. The second kappa shape index (κ2) is 2.99. The number of nitrogens with one attached hydrogen (secondary N) is 1. The first-order valence-electron chi connectivity index (χ1n) is 3.58. The van der Waals surface area contributed by atoms with Crippen LogP contribution in [0.3, 0.4) is 0 Å². The minimum atomic E-state index is 0.731. The van der Waals surface area contributed by atoms with Gasteiger partial charge < -0.3 is 0 Å². The fourth-order valence-electron chi connectivity index (χ4n) is 1.01. The Labute approximate surface area is 74.8 Å². The Bertz CT molecular complexity index is 353. The van der Waals surface area contributed by atoms with Crippen LogP contribution in [0.5, 0.6) is 0 Å². The van der Waals surface area contributed by atoms with Crippen molar-refractivity contribution in [3.05, 3.63) is 41.6 Å². The highest BCUT2D eigenvalue weighted by Crippen LogP contribution is 2.19. The van der Waals surface area contributed by atoms with Gasteiger partial charge in [-0.05, 0) is 29.4 Å². The summed E-state index contributed by atoms with van der Waals surface area (Å²) in [6, 6.07) is 9.35. The van der Waals surface area contributed by atoms with E-state index < -0.39 is 0 Å². The van der Waals surface area contributed by atoms with Crippen LogP contribution in [-0.4, -0.2) is 0 Å². The molecule has 12 heavy (non-hydrogen) atoms. The van der Waals surface area contributed by atoms with Crippen LogP contribution >= 0.6 is 11.6 Å². The SMILES string of the molecule is Clc1ccc(-c2cc[nH+]o2)cc1. The van der Waals surface area contributed by atoms with Crippen molar-refractivity contribution in [2.75, 3.05) is 0 Å². The molecule has 1 aromatic heterocycles. The van der Waals surface area contributed by atoms with Gasteiger partial charge in [0.25, 0.3) is 0 Å². The first-order valence-corrected chi connectivity index (χ1v) is 3.96. The Morgan fingerprint density at radius 1 is 1.08 bits per heavy atom. The summed E-state index contributed by atoms with van der Waals surface area (Å²) in [7, 11) is 0. The van der Waals surface area contributed by atoms with E-state index in [4.69, 9.17) is 16.1 Å². The fraction of sp³-hybridized carbons (Fsp3) is 0. The average molecular weight is 181 g/mol. The Kier molecular flexibility index (Phi) is 1.84. The quantitative estimate of drug-likeness (QED) is 0.662. The molecule has 0 atom stereocenters. The van der Waals surface area contributed by atoms with Crippen molar-refractivity contribution in [3.63, 3.8) is 0 Å². The molecule has 2 rings (SSSR count). The molecule has 60 valence electrons. The normalized spacial score (nSPS) is 10.1. The van der Waals surface area contributed by atoms with Crippen LogP contribution in [0.1, 0.15) is 0 Å². The molecule has 0 spiro atoms. The summed E-state index contributed by atoms with van der Waals surface area (Å²) >= 11 is 5.73. The van der Waals surface area contributed by atoms with Crippen LogP contribution in [0.4, 0.5) is 0 Å². The minimum Gasteiger partial charge on any atom is -0.238 e. The number of H-pyrrole nitrogens is 1. The number of benzene rings is 1. The second-order valence-electron chi connectivity index (χ2n) is 2.42. The van der Waals surface area contributed by atoms with Crippen molar-refractivity contribution in [2.24, 2.45) is 0 Å². The molecule has 0 bridgehead atoms. The molecule has 3 heteroatoms. The topological polar surface area (TPSA) is 27.3 Å². The molecule has 0 unspecified atom stereocenters. The van der Waals surface area contributed by atoms with Gasteiger partial charge in [-0.25, -0.2) is 4.52 Å². The van der Waals surface area contributed by atoms with E-state index in [1.54, 1.807) is 6.20 Å². The van der Waals surface area contributed by atoms with Crippen LogP contribution in [0.2, 0.25) is 5.02 Å². The number of rotatable bonds is 1. The van der Waals surface area contributed by atoms with Gasteiger partial charge in [0.05, 0.1) is 6.07 Å². The molecule has 1 heterocycles. The Morgan fingerprint density at radius 3 is 2.42 bits per heavy atom. The van der Waals surface area contributed by atoms with E-state index in [9.17, 15) is 0 Å². The maximum Gasteiger partial charge on any atom is 0.217 e. The van der Waals surface area contributed by atoms with Crippen molar-refractivity contribution in [3.8, 4) is 11.3 Å². The second-order valence-corrected chi connectivity index (χ2v) is 2.86. The highest BCUT2D eigenvalue weighted by Gasteiger charge is 2.02. The van der Waals surface area contributed by atoms with E-state index in [1.165, 1.54) is 0 Å². The number of halogens is 1. The molecule has 1 aromatic carbocycles. The van der Waals surface area contributed by atoms with Gasteiger partial charge in [0.2, 0.25) is 12.0 Å². The highest BCUT2D eigenvalue weighted by molar-refractivity contribution is 6.30. The first kappa shape index (κ1) is 7.37. The van der Waals surface area contributed by atoms with Gasteiger partial charge in [-0.3, -0.25) is 0 Å². The predicted octanol–water partition coefficient (Wildman–Crippen LogP) is 2.41. The van der Waals surface area contributed by atoms with Gasteiger partial charge in [-0.1, -0.05) is 11.6 Å². The van der Waals surface area contributed by atoms with Crippen LogP contribution in [0.15, 0.2) is 41.1 Å². The van der Waals surface area contributed by atoms with Gasteiger partial charge in [-0.15, -0.1) is 0 Å². The summed E-state index contributed by atoms with van der Waals surface area (Å²) in [5, 5.41) is 3.37. The van der Waals surface area contributed by atoms with Crippen LogP contribution in [-0.2, 0) is 0 Å². The molecule has 0 radical (unpaired) electrons. The summed E-state index contributed by atoms with van der Waals surface area (Å²) in [5.41, 5.74) is 1.01. The van der Waals surface area contributed by atoms with Gasteiger partial charge in [0.15, 0.2) is 0 Å². The molecule has 0 saturated carbocycles. The molecule has 0 aliphatic heterocycles. The summed E-state index contributed by atoms with van der Waals surface area (Å²) in [6.45, 7) is 0. The summed E-state index contributed by atoms with van der Waals surface area (Å²) in [5.74, 6) is 0.812. The van der Waals surface area contributed by atoms with Crippen molar-refractivity contribution in [2.45, 2.75) is 0 Å². The zero-order chi connectivity index (χ0) is 8.39. The van der Waals surface area contributed by atoms with Gasteiger partial charge >= 0.3 is 0 Å². The zero-order valence-corrected chi connectivity index (χ0v) is 7.01. The van der Waals surface area contributed by atoms with Crippen LogP contribution in [0, 0.1) is 0 Å². The Hall–Kier alpha value is -1.28. The number of aromatic amines is 1. The highest BCUT2D eigenvalue weighted by atomic mass is 35.5. The lowest BCUT2D eigenvalue weighted by molar-refractivity contribution is -0.606. The smallest absolute Gasteiger partial charge is 0.217 e. The third-order valence-electron chi connectivity index (χ3n) is 1.60. The molecule has 0 saturated heterocycles. The fourth-order valence-corrected chi connectivity index (χ4v) is 1.14. The Balaban J connectivity index is 2.43. The van der Waals surface area contributed by atoms with E-state index in [1.807, 2.05) is 30.3 Å². The van der Waals surface area contributed by atoms with Crippen molar-refractivity contribution >= 4 is 11.6 Å². The Morgan fingerprint density at radius 2 is 1.83 bits per heavy atom. The van der Waals surface area contributed by atoms with Crippen LogP contribution < -0.4 is 5.16 Å². The molecule has 0 fully saturated rings. The first-order chi connectivity index (χ1) is 5.86. The van der Waals surface area contributed by atoms with Gasteiger partial charge in [0, 0.05) is 10.6 Å². The lowest BCUT2D eigenvalue weighted by Crippen LogP contribution is -1.88. The van der Waals surface area contributed by atoms with Gasteiger partial charge in [0.1, 0.15) is 0 Å². The average Bonchev–Trinajstić information content (AvgIpc) is 2.58. The zero-order valence-electron chi connectivity index (χ0n) is 6.25. The van der Waals surface area contributed by atoms with E-state index in [2.05, 4.69) is 5.16 Å². The molecule has 2 aromatic rings. The summed E-state index contributed by atoms with van der Waals surface area (Å²) < 4.78 is 5.09. The minimum absolute atomic E-state index is 0.731. The molecule has 2 nitrogen and oxygen atoms in total. The van der Waals surface area contributed by atoms with E-state index in [-0.39, 0.29) is 0 Å². The molecule has 0 amide bonds. The molecule has 0 aliphatic rings. The third kappa shape index (κ3) is 1.34. The summed E-state index contributed by atoms with van der Waals surface area (Å²) in [4.78, 5) is 0. The maximum atomic E-state index is 5.73. The van der Waals surface area contributed by atoms with Crippen molar-refractivity contribution < 1.29 is 9.68 Å². The number of aromatic nitrogens is 1. The van der Waals surface area contributed by atoms with E-state index >= 15 is 0 Å². The van der Waals surface area contributed by atoms with Crippen LogP contribution in [0.25, 0.3) is 11.3 Å². The maximum absolute atomic E-state index is 5.73. The molecular weight excluding hydrogens is 174 g/mol. The standard InChI is InChI=1S/C9H6ClNO/c10-8-3-1-7(2-4-8)9-5-6-11-12-9/h1-6H/p+1. The van der Waals surface area contributed by atoms with E-state index in [0.717, 1.165) is 16.3 Å². The van der Waals surface area contributed by atoms with Crippen molar-refractivity contribution in [1.82, 2.24) is 0 Å². The summed E-state index contributed by atoms with van der Waals surface area (Å²) in [6.07, 6.45) is 1.74. The third-order valence-corrected chi connectivity index (χ3v) is 1.85. The molecule has 1 N–H and O–H groups in total. The van der Waals surface area contributed by atoms with Gasteiger partial charge in [-0.2, -0.15) is 0 Å². The lowest BCUT2D eigenvalue weighted by atomic mass is 10.2. The largest absolute Gasteiger partial charge is 0.238 e.